The van der Waals surface area contributed by atoms with Crippen molar-refractivity contribution in [3.05, 3.63) is 52.7 Å². The van der Waals surface area contributed by atoms with E-state index in [1.165, 1.54) is 36.3 Å². The van der Waals surface area contributed by atoms with Crippen LogP contribution in [0.4, 0.5) is 10.2 Å². The Balaban J connectivity index is 1.94. The van der Waals surface area contributed by atoms with Crippen molar-refractivity contribution in [2.24, 2.45) is 10.7 Å². The molecule has 0 fully saturated rings. The zero-order chi connectivity index (χ0) is 20.6. The van der Waals surface area contributed by atoms with Gasteiger partial charge in [-0.1, -0.05) is 6.07 Å². The van der Waals surface area contributed by atoms with E-state index in [-0.39, 0.29) is 47.6 Å². The highest BCUT2D eigenvalue weighted by Crippen LogP contribution is 2.35. The first-order valence-electron chi connectivity index (χ1n) is 8.64. The van der Waals surface area contributed by atoms with Crippen LogP contribution >= 0.6 is 0 Å². The molecule has 1 amide bonds. The molecule has 1 aromatic carbocycles. The van der Waals surface area contributed by atoms with Gasteiger partial charge >= 0.3 is 0 Å². The number of benzene rings is 1. The summed E-state index contributed by atoms with van der Waals surface area (Å²) in [6, 6.07) is 4.28. The standard InChI is InChI=1S/C19H21FN6O2/c1-10-9-23-16(17(21)24-10)14(27)7-11-4-5-13(20)12(6-11)19(2)8-15(28)26(3)18(22)25-19/h4-6,9H,7-8H2,1-3H3,(H2,21,24)(H2,22,25). The summed E-state index contributed by atoms with van der Waals surface area (Å²) in [6.07, 6.45) is 1.38. The van der Waals surface area contributed by atoms with Crippen molar-refractivity contribution in [3.8, 4) is 0 Å². The van der Waals surface area contributed by atoms with Gasteiger partial charge in [0.05, 0.1) is 17.7 Å². The number of aryl methyl sites for hydroxylation is 1. The monoisotopic (exact) mass is 384 g/mol. The normalized spacial score (nSPS) is 19.5. The predicted octanol–water partition coefficient (Wildman–Crippen LogP) is 1.32. The van der Waals surface area contributed by atoms with Crippen molar-refractivity contribution in [1.29, 1.82) is 0 Å². The first-order valence-corrected chi connectivity index (χ1v) is 8.64. The molecule has 0 radical (unpaired) electrons. The molecular formula is C19H21FN6O2. The van der Waals surface area contributed by atoms with Gasteiger partial charge in [-0.2, -0.15) is 0 Å². The Bertz CT molecular complexity index is 1010. The number of hydrogen-bond acceptors (Lipinski definition) is 7. The second kappa shape index (κ2) is 6.99. The van der Waals surface area contributed by atoms with Crippen molar-refractivity contribution in [2.45, 2.75) is 32.2 Å². The average Bonchev–Trinajstić information content (AvgIpc) is 2.61. The molecule has 0 saturated carbocycles. The molecule has 4 N–H and O–H groups in total. The summed E-state index contributed by atoms with van der Waals surface area (Å²) in [6.45, 7) is 3.36. The molecule has 1 atom stereocenters. The number of amides is 1. The third-order valence-corrected chi connectivity index (χ3v) is 4.73. The quantitative estimate of drug-likeness (QED) is 0.766. The van der Waals surface area contributed by atoms with E-state index in [4.69, 9.17) is 11.5 Å². The third-order valence-electron chi connectivity index (χ3n) is 4.73. The molecule has 146 valence electrons. The van der Waals surface area contributed by atoms with Gasteiger partial charge in [0.1, 0.15) is 11.5 Å². The fraction of sp³-hybridized carbons (Fsp3) is 0.316. The molecule has 1 aliphatic rings. The van der Waals surface area contributed by atoms with Gasteiger partial charge in [-0.05, 0) is 31.5 Å². The van der Waals surface area contributed by atoms with E-state index < -0.39 is 11.4 Å². The second-order valence-electron chi connectivity index (χ2n) is 7.03. The Morgan fingerprint density at radius 2 is 2.07 bits per heavy atom. The predicted molar refractivity (Wildman–Crippen MR) is 102 cm³/mol. The van der Waals surface area contributed by atoms with Gasteiger partial charge in [-0.15, -0.1) is 0 Å². The lowest BCUT2D eigenvalue weighted by Crippen LogP contribution is -2.47. The van der Waals surface area contributed by atoms with Crippen molar-refractivity contribution >= 4 is 23.5 Å². The number of anilines is 1. The number of ketones is 1. The number of nitrogen functional groups attached to an aromatic ring is 1. The molecule has 3 rings (SSSR count). The largest absolute Gasteiger partial charge is 0.382 e. The Morgan fingerprint density at radius 3 is 2.71 bits per heavy atom. The molecule has 1 unspecified atom stereocenters. The maximum atomic E-state index is 14.6. The van der Waals surface area contributed by atoms with Crippen molar-refractivity contribution in [2.75, 3.05) is 12.8 Å². The summed E-state index contributed by atoms with van der Waals surface area (Å²) in [5.74, 6) is -1.06. The van der Waals surface area contributed by atoms with E-state index in [0.717, 1.165) is 0 Å². The molecule has 2 aromatic rings. The van der Waals surface area contributed by atoms with Gasteiger partial charge in [0.2, 0.25) is 5.91 Å². The maximum absolute atomic E-state index is 14.6. The van der Waals surface area contributed by atoms with Crippen molar-refractivity contribution in [1.82, 2.24) is 14.9 Å². The molecular weight excluding hydrogens is 363 g/mol. The number of carbonyl (C=O) groups is 2. The van der Waals surface area contributed by atoms with Gasteiger partial charge < -0.3 is 11.5 Å². The number of hydrogen-bond donors (Lipinski definition) is 2. The first-order chi connectivity index (χ1) is 13.1. The van der Waals surface area contributed by atoms with E-state index >= 15 is 0 Å². The van der Waals surface area contributed by atoms with Gasteiger partial charge in [-0.25, -0.2) is 19.4 Å². The number of halogens is 1. The Labute approximate surface area is 161 Å². The van der Waals surface area contributed by atoms with Crippen molar-refractivity contribution < 1.29 is 14.0 Å². The van der Waals surface area contributed by atoms with E-state index in [2.05, 4.69) is 15.0 Å². The van der Waals surface area contributed by atoms with Crippen LogP contribution in [0.2, 0.25) is 0 Å². The number of nitrogens with zero attached hydrogens (tertiary/aromatic N) is 4. The summed E-state index contributed by atoms with van der Waals surface area (Å²) in [4.78, 5) is 38.4. The Hall–Kier alpha value is -3.36. The molecule has 9 heteroatoms. The fourth-order valence-electron chi connectivity index (χ4n) is 3.14. The van der Waals surface area contributed by atoms with Crippen LogP contribution in [-0.4, -0.2) is 39.6 Å². The van der Waals surface area contributed by atoms with Crippen LogP contribution in [0.1, 0.15) is 40.7 Å². The van der Waals surface area contributed by atoms with Crippen LogP contribution in [-0.2, 0) is 16.8 Å². The lowest BCUT2D eigenvalue weighted by Gasteiger charge is -2.34. The summed E-state index contributed by atoms with van der Waals surface area (Å²) in [7, 11) is 1.51. The van der Waals surface area contributed by atoms with E-state index in [1.54, 1.807) is 13.8 Å². The number of aromatic nitrogens is 2. The van der Waals surface area contributed by atoms with Crippen LogP contribution < -0.4 is 11.5 Å². The summed E-state index contributed by atoms with van der Waals surface area (Å²) < 4.78 is 14.6. The molecule has 28 heavy (non-hydrogen) atoms. The van der Waals surface area contributed by atoms with Crippen LogP contribution in [0.5, 0.6) is 0 Å². The first kappa shape index (κ1) is 19.4. The molecule has 0 spiro atoms. The Kier molecular flexibility index (Phi) is 4.84. The maximum Gasteiger partial charge on any atom is 0.231 e. The molecule has 1 aromatic heterocycles. The molecule has 0 saturated heterocycles. The molecule has 1 aliphatic heterocycles. The van der Waals surface area contributed by atoms with Crippen LogP contribution in [0.15, 0.2) is 29.4 Å². The highest BCUT2D eigenvalue weighted by Gasteiger charge is 2.38. The lowest BCUT2D eigenvalue weighted by atomic mass is 9.85. The average molecular weight is 384 g/mol. The summed E-state index contributed by atoms with van der Waals surface area (Å²) in [5.41, 5.74) is 11.9. The van der Waals surface area contributed by atoms with Crippen LogP contribution in [0.25, 0.3) is 0 Å². The van der Waals surface area contributed by atoms with E-state index in [0.29, 0.717) is 11.3 Å². The number of aliphatic imine (C=N–C) groups is 1. The smallest absolute Gasteiger partial charge is 0.231 e. The Morgan fingerprint density at radius 1 is 1.36 bits per heavy atom. The summed E-state index contributed by atoms with van der Waals surface area (Å²) in [5, 5.41) is 0. The van der Waals surface area contributed by atoms with Gasteiger partial charge in [0.15, 0.2) is 17.6 Å². The van der Waals surface area contributed by atoms with Gasteiger partial charge in [0.25, 0.3) is 0 Å². The van der Waals surface area contributed by atoms with Gasteiger partial charge in [-0.3, -0.25) is 14.5 Å². The molecule has 0 aliphatic carbocycles. The number of carbonyl (C=O) groups excluding carboxylic acids is 2. The SMILES string of the molecule is Cc1cnc(C(=O)Cc2ccc(F)c(C3(C)CC(=O)N(C)C(N)=N3)c2)c(N)n1. The topological polar surface area (TPSA) is 128 Å². The zero-order valence-corrected chi connectivity index (χ0v) is 15.9. The molecule has 0 bridgehead atoms. The molecule has 2 heterocycles. The second-order valence-corrected chi connectivity index (χ2v) is 7.03. The number of guanidine groups is 1. The van der Waals surface area contributed by atoms with E-state index in [1.807, 2.05) is 0 Å². The molecule has 8 nitrogen and oxygen atoms in total. The minimum atomic E-state index is -1.15. The number of nitrogens with two attached hydrogens (primary N) is 2. The number of Topliss-reactive ketones (excluding diaryl/α,β-unsaturated/α-hetero) is 1. The van der Waals surface area contributed by atoms with Gasteiger partial charge in [0, 0.05) is 25.2 Å². The van der Waals surface area contributed by atoms with E-state index in [9.17, 15) is 14.0 Å². The third kappa shape index (κ3) is 3.55. The van der Waals surface area contributed by atoms with Crippen LogP contribution in [0.3, 0.4) is 0 Å². The zero-order valence-electron chi connectivity index (χ0n) is 15.9. The minimum Gasteiger partial charge on any atom is -0.382 e. The lowest BCUT2D eigenvalue weighted by molar-refractivity contribution is -0.128. The minimum absolute atomic E-state index is 0.0160. The van der Waals surface area contributed by atoms with Crippen molar-refractivity contribution in [3.63, 3.8) is 0 Å². The highest BCUT2D eigenvalue weighted by molar-refractivity contribution is 6.00. The highest BCUT2D eigenvalue weighted by atomic mass is 19.1. The number of rotatable bonds is 4. The fourth-order valence-corrected chi connectivity index (χ4v) is 3.14. The van der Waals surface area contributed by atoms with Crippen LogP contribution in [0, 0.1) is 12.7 Å². The summed E-state index contributed by atoms with van der Waals surface area (Å²) >= 11 is 0.